The SMILES string of the molecule is CCC(CC)C(N)C12CC3CC(CC(C3)C1)C2. The Morgan fingerprint density at radius 2 is 1.35 bits per heavy atom. The summed E-state index contributed by atoms with van der Waals surface area (Å²) in [5, 5.41) is 0. The molecule has 4 rings (SSSR count). The first-order valence-electron chi connectivity index (χ1n) is 7.92. The molecule has 0 aromatic heterocycles. The van der Waals surface area contributed by atoms with E-state index in [1.54, 1.807) is 0 Å². The van der Waals surface area contributed by atoms with Crippen molar-refractivity contribution < 1.29 is 0 Å². The van der Waals surface area contributed by atoms with Gasteiger partial charge in [0.05, 0.1) is 0 Å². The zero-order valence-electron chi connectivity index (χ0n) is 11.6. The van der Waals surface area contributed by atoms with E-state index in [0.29, 0.717) is 11.5 Å². The Hall–Kier alpha value is -0.0400. The highest BCUT2D eigenvalue weighted by atomic mass is 14.8. The van der Waals surface area contributed by atoms with Gasteiger partial charge in [0, 0.05) is 6.04 Å². The molecular weight excluding hydrogens is 206 g/mol. The molecule has 2 N–H and O–H groups in total. The molecule has 0 spiro atoms. The van der Waals surface area contributed by atoms with E-state index in [9.17, 15) is 0 Å². The molecule has 17 heavy (non-hydrogen) atoms. The van der Waals surface area contributed by atoms with E-state index in [1.165, 1.54) is 51.4 Å². The van der Waals surface area contributed by atoms with Crippen molar-refractivity contribution in [2.75, 3.05) is 0 Å². The number of hydrogen-bond donors (Lipinski definition) is 1. The van der Waals surface area contributed by atoms with Gasteiger partial charge in [-0.1, -0.05) is 26.7 Å². The van der Waals surface area contributed by atoms with Crippen molar-refractivity contribution in [1.82, 2.24) is 0 Å². The third-order valence-electron chi connectivity index (χ3n) is 6.35. The highest BCUT2D eigenvalue weighted by Crippen LogP contribution is 2.61. The Morgan fingerprint density at radius 3 is 1.71 bits per heavy atom. The second-order valence-electron chi connectivity index (χ2n) is 7.38. The molecule has 4 bridgehead atoms. The number of rotatable bonds is 4. The summed E-state index contributed by atoms with van der Waals surface area (Å²) in [5.41, 5.74) is 7.30. The van der Waals surface area contributed by atoms with E-state index in [2.05, 4.69) is 13.8 Å². The lowest BCUT2D eigenvalue weighted by Gasteiger charge is -2.60. The lowest BCUT2D eigenvalue weighted by Crippen LogP contribution is -2.56. The van der Waals surface area contributed by atoms with Gasteiger partial charge in [-0.05, 0) is 67.6 Å². The summed E-state index contributed by atoms with van der Waals surface area (Å²) < 4.78 is 0. The van der Waals surface area contributed by atoms with Crippen LogP contribution in [0.2, 0.25) is 0 Å². The molecule has 0 aromatic rings. The van der Waals surface area contributed by atoms with Crippen molar-refractivity contribution in [3.63, 3.8) is 0 Å². The van der Waals surface area contributed by atoms with Crippen LogP contribution < -0.4 is 5.73 Å². The largest absolute Gasteiger partial charge is 0.327 e. The summed E-state index contributed by atoms with van der Waals surface area (Å²) in [7, 11) is 0. The number of nitrogens with two attached hydrogens (primary N) is 1. The standard InChI is InChI=1S/C16H29N/c1-3-14(4-2)15(17)16-8-11-5-12(9-16)7-13(6-11)10-16/h11-15H,3-10,17H2,1-2H3. The Morgan fingerprint density at radius 1 is 0.941 bits per heavy atom. The summed E-state index contributed by atoms with van der Waals surface area (Å²) in [5.74, 6) is 3.90. The van der Waals surface area contributed by atoms with Crippen molar-refractivity contribution >= 4 is 0 Å². The molecule has 1 unspecified atom stereocenters. The first-order valence-corrected chi connectivity index (χ1v) is 7.92. The van der Waals surface area contributed by atoms with Gasteiger partial charge < -0.3 is 5.73 Å². The van der Waals surface area contributed by atoms with Gasteiger partial charge in [-0.2, -0.15) is 0 Å². The Bertz CT molecular complexity index is 244. The first kappa shape index (κ1) is 12.0. The second-order valence-corrected chi connectivity index (χ2v) is 7.38. The maximum absolute atomic E-state index is 6.74. The summed E-state index contributed by atoms with van der Waals surface area (Å²) >= 11 is 0. The van der Waals surface area contributed by atoms with Crippen molar-refractivity contribution in [2.45, 2.75) is 71.3 Å². The smallest absolute Gasteiger partial charge is 0.0124 e. The van der Waals surface area contributed by atoms with Crippen molar-refractivity contribution in [2.24, 2.45) is 34.8 Å². The highest BCUT2D eigenvalue weighted by molar-refractivity contribution is 5.06. The van der Waals surface area contributed by atoms with Gasteiger partial charge in [0.25, 0.3) is 0 Å². The second kappa shape index (κ2) is 4.26. The third kappa shape index (κ3) is 1.85. The monoisotopic (exact) mass is 235 g/mol. The van der Waals surface area contributed by atoms with Gasteiger partial charge in [0.1, 0.15) is 0 Å². The fraction of sp³-hybridized carbons (Fsp3) is 1.00. The van der Waals surface area contributed by atoms with Crippen LogP contribution in [-0.4, -0.2) is 6.04 Å². The fourth-order valence-corrected chi connectivity index (χ4v) is 5.88. The molecule has 4 aliphatic rings. The van der Waals surface area contributed by atoms with Crippen LogP contribution in [0.25, 0.3) is 0 Å². The van der Waals surface area contributed by atoms with Crippen molar-refractivity contribution in [3.8, 4) is 0 Å². The van der Waals surface area contributed by atoms with Gasteiger partial charge in [0.2, 0.25) is 0 Å². The van der Waals surface area contributed by atoms with E-state index in [-0.39, 0.29) is 0 Å². The zero-order valence-corrected chi connectivity index (χ0v) is 11.6. The van der Waals surface area contributed by atoms with Gasteiger partial charge in [-0.15, -0.1) is 0 Å². The van der Waals surface area contributed by atoms with Crippen LogP contribution >= 0.6 is 0 Å². The van der Waals surface area contributed by atoms with Crippen LogP contribution in [0.15, 0.2) is 0 Å². The van der Waals surface area contributed by atoms with E-state index in [0.717, 1.165) is 23.7 Å². The summed E-state index contributed by atoms with van der Waals surface area (Å²) in [6.45, 7) is 4.66. The Labute approximate surface area is 107 Å². The molecule has 0 heterocycles. The van der Waals surface area contributed by atoms with Crippen LogP contribution in [0, 0.1) is 29.1 Å². The predicted octanol–water partition coefficient (Wildman–Crippen LogP) is 3.97. The minimum atomic E-state index is 0.492. The fourth-order valence-electron chi connectivity index (χ4n) is 5.88. The molecule has 1 heteroatoms. The average Bonchev–Trinajstić information content (AvgIpc) is 2.28. The zero-order chi connectivity index (χ0) is 12.0. The molecule has 1 nitrogen and oxygen atoms in total. The maximum atomic E-state index is 6.74. The van der Waals surface area contributed by atoms with Gasteiger partial charge in [0.15, 0.2) is 0 Å². The minimum absolute atomic E-state index is 0.492. The first-order chi connectivity index (χ1) is 8.16. The summed E-state index contributed by atoms with van der Waals surface area (Å²) in [6.07, 6.45) is 11.6. The summed E-state index contributed by atoms with van der Waals surface area (Å²) in [4.78, 5) is 0. The molecule has 0 saturated heterocycles. The molecule has 4 fully saturated rings. The minimum Gasteiger partial charge on any atom is -0.327 e. The normalized spacial score (nSPS) is 45.5. The average molecular weight is 235 g/mol. The molecule has 98 valence electrons. The van der Waals surface area contributed by atoms with E-state index in [1.807, 2.05) is 0 Å². The van der Waals surface area contributed by atoms with E-state index < -0.39 is 0 Å². The van der Waals surface area contributed by atoms with E-state index >= 15 is 0 Å². The molecule has 0 amide bonds. The molecule has 0 aliphatic heterocycles. The van der Waals surface area contributed by atoms with E-state index in [4.69, 9.17) is 5.73 Å². The third-order valence-corrected chi connectivity index (χ3v) is 6.35. The predicted molar refractivity (Wildman–Crippen MR) is 72.7 cm³/mol. The van der Waals surface area contributed by atoms with Gasteiger partial charge in [-0.3, -0.25) is 0 Å². The molecule has 4 saturated carbocycles. The quantitative estimate of drug-likeness (QED) is 0.784. The molecule has 1 atom stereocenters. The Balaban J connectivity index is 1.81. The van der Waals surface area contributed by atoms with Crippen LogP contribution in [0.4, 0.5) is 0 Å². The van der Waals surface area contributed by atoms with Crippen molar-refractivity contribution in [1.29, 1.82) is 0 Å². The van der Waals surface area contributed by atoms with Gasteiger partial charge in [-0.25, -0.2) is 0 Å². The molecular formula is C16H29N. The topological polar surface area (TPSA) is 26.0 Å². The summed E-state index contributed by atoms with van der Waals surface area (Å²) in [6, 6.07) is 0.492. The maximum Gasteiger partial charge on any atom is 0.0124 e. The Kier molecular flexibility index (Phi) is 3.01. The van der Waals surface area contributed by atoms with Crippen LogP contribution in [0.3, 0.4) is 0 Å². The van der Waals surface area contributed by atoms with Crippen LogP contribution in [-0.2, 0) is 0 Å². The van der Waals surface area contributed by atoms with Crippen LogP contribution in [0.1, 0.15) is 65.2 Å². The highest BCUT2D eigenvalue weighted by Gasteiger charge is 2.54. The van der Waals surface area contributed by atoms with Crippen LogP contribution in [0.5, 0.6) is 0 Å². The number of hydrogen-bond acceptors (Lipinski definition) is 1. The lowest BCUT2D eigenvalue weighted by atomic mass is 9.46. The molecule has 4 aliphatic carbocycles. The lowest BCUT2D eigenvalue weighted by molar-refractivity contribution is -0.0775. The van der Waals surface area contributed by atoms with Crippen molar-refractivity contribution in [3.05, 3.63) is 0 Å². The molecule has 0 radical (unpaired) electrons. The molecule has 0 aromatic carbocycles. The van der Waals surface area contributed by atoms with Gasteiger partial charge >= 0.3 is 0 Å².